The van der Waals surface area contributed by atoms with Crippen LogP contribution in [-0.4, -0.2) is 37.4 Å². The molecular weight excluding hydrogens is 543 g/mol. The Morgan fingerprint density at radius 1 is 1.19 bits per heavy atom. The second-order valence-electron chi connectivity index (χ2n) is 6.63. The molecule has 1 aliphatic heterocycles. The lowest BCUT2D eigenvalue weighted by Crippen LogP contribution is -2.19. The molecule has 0 aliphatic carbocycles. The summed E-state index contributed by atoms with van der Waals surface area (Å²) >= 11 is 3.39. The summed E-state index contributed by atoms with van der Waals surface area (Å²) in [5.41, 5.74) is 2.79. The second kappa shape index (κ2) is 11.4. The molecule has 3 rings (SSSR count). The third kappa shape index (κ3) is 6.26. The van der Waals surface area contributed by atoms with Gasteiger partial charge in [0.05, 0.1) is 27.9 Å². The predicted octanol–water partition coefficient (Wildman–Crippen LogP) is 4.70. The van der Waals surface area contributed by atoms with Crippen molar-refractivity contribution in [3.8, 4) is 11.5 Å². The SMILES string of the molecule is CCOc1cc(/C=C2\SC(=Nc3ccc(CC)cc3)NC2=O)cc(I)c1OCC(=O)OC. The van der Waals surface area contributed by atoms with Crippen LogP contribution in [0.5, 0.6) is 11.5 Å². The van der Waals surface area contributed by atoms with Gasteiger partial charge >= 0.3 is 5.97 Å². The Labute approximate surface area is 204 Å². The van der Waals surface area contributed by atoms with Gasteiger partial charge in [-0.3, -0.25) is 4.79 Å². The van der Waals surface area contributed by atoms with Crippen molar-refractivity contribution in [3.63, 3.8) is 0 Å². The summed E-state index contributed by atoms with van der Waals surface area (Å²) in [6, 6.07) is 11.6. The van der Waals surface area contributed by atoms with Gasteiger partial charge in [-0.1, -0.05) is 19.1 Å². The van der Waals surface area contributed by atoms with Crippen molar-refractivity contribution in [2.75, 3.05) is 20.3 Å². The fraction of sp³-hybridized carbons (Fsp3) is 0.261. The number of rotatable bonds is 8. The molecule has 2 aromatic carbocycles. The van der Waals surface area contributed by atoms with E-state index in [1.54, 1.807) is 12.1 Å². The molecule has 1 heterocycles. The average Bonchev–Trinajstić information content (AvgIpc) is 3.12. The number of aryl methyl sites for hydroxylation is 1. The van der Waals surface area contributed by atoms with Gasteiger partial charge in [-0.05, 0) is 89.2 Å². The molecule has 0 aromatic heterocycles. The number of esters is 1. The summed E-state index contributed by atoms with van der Waals surface area (Å²) in [5, 5.41) is 3.33. The van der Waals surface area contributed by atoms with E-state index in [0.717, 1.165) is 21.2 Å². The van der Waals surface area contributed by atoms with Gasteiger partial charge in [0, 0.05) is 0 Å². The molecule has 0 radical (unpaired) electrons. The molecule has 0 atom stereocenters. The lowest BCUT2D eigenvalue weighted by molar-refractivity contribution is -0.143. The minimum atomic E-state index is -0.482. The standard InChI is InChI=1S/C23H23IN2O5S/c1-4-14-6-8-16(9-7-14)25-23-26-22(28)19(32-23)12-15-10-17(24)21(18(11-15)30-5-2)31-13-20(27)29-3/h6-12H,4-5,13H2,1-3H3,(H,25,26,28)/b19-12-. The summed E-state index contributed by atoms with van der Waals surface area (Å²) in [5.74, 6) is 0.257. The molecule has 1 saturated heterocycles. The van der Waals surface area contributed by atoms with E-state index in [1.807, 2.05) is 37.3 Å². The summed E-state index contributed by atoms with van der Waals surface area (Å²) in [6.07, 6.45) is 2.74. The van der Waals surface area contributed by atoms with Crippen LogP contribution in [0.4, 0.5) is 5.69 Å². The predicted molar refractivity (Wildman–Crippen MR) is 134 cm³/mol. The molecule has 0 saturated carbocycles. The highest BCUT2D eigenvalue weighted by molar-refractivity contribution is 14.1. The van der Waals surface area contributed by atoms with Crippen molar-refractivity contribution < 1.29 is 23.8 Å². The number of carbonyl (C=O) groups is 2. The van der Waals surface area contributed by atoms with Gasteiger partial charge in [0.15, 0.2) is 23.3 Å². The Kier molecular flexibility index (Phi) is 8.57. The first-order valence-corrected chi connectivity index (χ1v) is 11.9. The number of carbonyl (C=O) groups excluding carboxylic acids is 2. The number of methoxy groups -OCH3 is 1. The number of hydrogen-bond donors (Lipinski definition) is 1. The monoisotopic (exact) mass is 566 g/mol. The molecule has 2 aromatic rings. The maximum atomic E-state index is 12.5. The van der Waals surface area contributed by atoms with Crippen LogP contribution in [0.1, 0.15) is 25.0 Å². The molecule has 0 unspecified atom stereocenters. The van der Waals surface area contributed by atoms with E-state index in [-0.39, 0.29) is 12.5 Å². The van der Waals surface area contributed by atoms with Gasteiger partial charge in [-0.2, -0.15) is 0 Å². The number of hydrogen-bond acceptors (Lipinski definition) is 7. The molecule has 9 heteroatoms. The van der Waals surface area contributed by atoms with E-state index in [0.29, 0.717) is 28.2 Å². The topological polar surface area (TPSA) is 86.2 Å². The maximum absolute atomic E-state index is 12.5. The van der Waals surface area contributed by atoms with Gasteiger partial charge in [0.25, 0.3) is 5.91 Å². The van der Waals surface area contributed by atoms with Gasteiger partial charge in [-0.15, -0.1) is 0 Å². The first-order chi connectivity index (χ1) is 15.4. The van der Waals surface area contributed by atoms with E-state index in [2.05, 4.69) is 44.6 Å². The molecule has 0 bridgehead atoms. The highest BCUT2D eigenvalue weighted by atomic mass is 127. The number of benzene rings is 2. The number of nitrogens with zero attached hydrogens (tertiary/aromatic N) is 1. The summed E-state index contributed by atoms with van der Waals surface area (Å²) in [4.78, 5) is 28.9. The van der Waals surface area contributed by atoms with E-state index in [9.17, 15) is 9.59 Å². The highest BCUT2D eigenvalue weighted by Crippen LogP contribution is 2.36. The number of amidine groups is 1. The number of halogens is 1. The maximum Gasteiger partial charge on any atom is 0.343 e. The zero-order valence-corrected chi connectivity index (χ0v) is 20.9. The Morgan fingerprint density at radius 2 is 1.94 bits per heavy atom. The normalized spacial score (nSPS) is 15.7. The minimum Gasteiger partial charge on any atom is -0.490 e. The van der Waals surface area contributed by atoms with Crippen LogP contribution in [0, 0.1) is 3.57 Å². The van der Waals surface area contributed by atoms with Crippen LogP contribution < -0.4 is 14.8 Å². The second-order valence-corrected chi connectivity index (χ2v) is 8.82. The fourth-order valence-electron chi connectivity index (χ4n) is 2.82. The quantitative estimate of drug-likeness (QED) is 0.284. The van der Waals surface area contributed by atoms with Crippen LogP contribution in [-0.2, 0) is 20.7 Å². The Hall–Kier alpha value is -2.53. The largest absolute Gasteiger partial charge is 0.490 e. The summed E-state index contributed by atoms with van der Waals surface area (Å²) < 4.78 is 16.7. The van der Waals surface area contributed by atoms with Crippen LogP contribution >= 0.6 is 34.4 Å². The first-order valence-electron chi connectivity index (χ1n) is 9.98. The Balaban J connectivity index is 1.82. The first kappa shape index (κ1) is 24.1. The third-order valence-corrected chi connectivity index (χ3v) is 6.13. The summed E-state index contributed by atoms with van der Waals surface area (Å²) in [6.45, 7) is 4.16. The van der Waals surface area contributed by atoms with E-state index < -0.39 is 5.97 Å². The smallest absolute Gasteiger partial charge is 0.343 e. The highest BCUT2D eigenvalue weighted by Gasteiger charge is 2.24. The van der Waals surface area contributed by atoms with Crippen molar-refractivity contribution in [2.45, 2.75) is 20.3 Å². The van der Waals surface area contributed by atoms with Gasteiger partial charge < -0.3 is 19.5 Å². The zero-order valence-electron chi connectivity index (χ0n) is 17.9. The lowest BCUT2D eigenvalue weighted by Gasteiger charge is -2.14. The molecule has 1 amide bonds. The van der Waals surface area contributed by atoms with Crippen molar-refractivity contribution in [1.82, 2.24) is 5.32 Å². The van der Waals surface area contributed by atoms with Gasteiger partial charge in [0.1, 0.15) is 0 Å². The van der Waals surface area contributed by atoms with Crippen LogP contribution in [0.2, 0.25) is 0 Å². The van der Waals surface area contributed by atoms with Gasteiger partial charge in [0.2, 0.25) is 0 Å². The number of amides is 1. The lowest BCUT2D eigenvalue weighted by atomic mass is 10.2. The molecule has 32 heavy (non-hydrogen) atoms. The number of thioether (sulfide) groups is 1. The van der Waals surface area contributed by atoms with Gasteiger partial charge in [-0.25, -0.2) is 9.79 Å². The molecule has 168 valence electrons. The van der Waals surface area contributed by atoms with Crippen molar-refractivity contribution in [2.24, 2.45) is 4.99 Å². The summed E-state index contributed by atoms with van der Waals surface area (Å²) in [7, 11) is 1.30. The fourth-order valence-corrected chi connectivity index (χ4v) is 4.44. The molecule has 1 N–H and O–H groups in total. The van der Waals surface area contributed by atoms with Crippen molar-refractivity contribution in [1.29, 1.82) is 0 Å². The van der Waals surface area contributed by atoms with E-state index >= 15 is 0 Å². The molecule has 1 aliphatic rings. The third-order valence-electron chi connectivity index (χ3n) is 4.42. The van der Waals surface area contributed by atoms with Crippen LogP contribution in [0.25, 0.3) is 6.08 Å². The Bertz CT molecular complexity index is 1070. The Morgan fingerprint density at radius 3 is 2.59 bits per heavy atom. The number of nitrogens with one attached hydrogen (secondary N) is 1. The van der Waals surface area contributed by atoms with E-state index in [4.69, 9.17) is 9.47 Å². The van der Waals surface area contributed by atoms with E-state index in [1.165, 1.54) is 24.4 Å². The van der Waals surface area contributed by atoms with Crippen molar-refractivity contribution >= 4 is 63.2 Å². The zero-order chi connectivity index (χ0) is 23.1. The van der Waals surface area contributed by atoms with Crippen molar-refractivity contribution in [3.05, 3.63) is 56.0 Å². The molecule has 7 nitrogen and oxygen atoms in total. The number of ether oxygens (including phenoxy) is 3. The minimum absolute atomic E-state index is 0.210. The molecule has 0 spiro atoms. The van der Waals surface area contributed by atoms with Crippen LogP contribution in [0.3, 0.4) is 0 Å². The average molecular weight is 566 g/mol. The molecule has 1 fully saturated rings. The van der Waals surface area contributed by atoms with Crippen LogP contribution in [0.15, 0.2) is 46.3 Å². The molecular formula is C23H23IN2O5S. The number of aliphatic imine (C=N–C) groups is 1.